The largest absolute Gasteiger partial charge is 0.342 e. The van der Waals surface area contributed by atoms with Crippen LogP contribution in [0, 0.1) is 19.8 Å². The van der Waals surface area contributed by atoms with Crippen LogP contribution in [0.5, 0.6) is 0 Å². The number of Topliss-reactive ketones (excluding diaryl/α,β-unsaturated/α-hetero) is 1. The summed E-state index contributed by atoms with van der Waals surface area (Å²) in [6.07, 6.45) is 1.02. The second-order valence-electron chi connectivity index (χ2n) is 8.16. The Morgan fingerprint density at radius 3 is 2.25 bits per heavy atom. The summed E-state index contributed by atoms with van der Waals surface area (Å²) in [5, 5.41) is 0.724. The van der Waals surface area contributed by atoms with Gasteiger partial charge in [-0.1, -0.05) is 29.3 Å². The van der Waals surface area contributed by atoms with Crippen LogP contribution in [0.2, 0.25) is 10.0 Å². The topological polar surface area (TPSA) is 74.8 Å². The number of sulfonamides is 1. The van der Waals surface area contributed by atoms with Gasteiger partial charge in [-0.2, -0.15) is 4.31 Å². The molecule has 1 fully saturated rings. The Kier molecular flexibility index (Phi) is 7.65. The molecule has 32 heavy (non-hydrogen) atoms. The lowest BCUT2D eigenvalue weighted by Crippen LogP contribution is -2.45. The minimum atomic E-state index is -3.77. The second-order valence-corrected chi connectivity index (χ2v) is 11.0. The third-order valence-electron chi connectivity index (χ3n) is 5.97. The van der Waals surface area contributed by atoms with Crippen molar-refractivity contribution < 1.29 is 18.0 Å². The predicted octanol–water partition coefficient (Wildman–Crippen LogP) is 4.35. The first kappa shape index (κ1) is 24.7. The van der Waals surface area contributed by atoms with Crippen molar-refractivity contribution in [3.05, 3.63) is 63.1 Å². The number of halogens is 2. The number of rotatable bonds is 6. The van der Waals surface area contributed by atoms with Gasteiger partial charge in [-0.05, 0) is 68.1 Å². The van der Waals surface area contributed by atoms with Gasteiger partial charge in [-0.15, -0.1) is 0 Å². The van der Waals surface area contributed by atoms with Gasteiger partial charge >= 0.3 is 0 Å². The monoisotopic (exact) mass is 496 g/mol. The number of amides is 1. The number of nitrogens with zero attached hydrogens (tertiary/aromatic N) is 2. The lowest BCUT2D eigenvalue weighted by molar-refractivity contribution is -0.132. The number of ketones is 1. The fraction of sp³-hybridized carbons (Fsp3) is 0.391. The van der Waals surface area contributed by atoms with E-state index in [0.29, 0.717) is 41.5 Å². The molecule has 0 aromatic heterocycles. The molecule has 1 aliphatic heterocycles. The van der Waals surface area contributed by atoms with Crippen LogP contribution in [0.4, 0.5) is 0 Å². The molecule has 0 unspecified atom stereocenters. The number of piperidine rings is 1. The maximum absolute atomic E-state index is 12.9. The van der Waals surface area contributed by atoms with Gasteiger partial charge in [0.2, 0.25) is 15.9 Å². The van der Waals surface area contributed by atoms with Crippen molar-refractivity contribution in [2.75, 3.05) is 26.7 Å². The smallest absolute Gasteiger partial charge is 0.243 e. The van der Waals surface area contributed by atoms with Crippen LogP contribution in [0.3, 0.4) is 0 Å². The van der Waals surface area contributed by atoms with E-state index < -0.39 is 10.0 Å². The molecule has 0 atom stereocenters. The number of carbonyl (C=O) groups excluding carboxylic acids is 2. The van der Waals surface area contributed by atoms with E-state index in [1.165, 1.54) is 7.05 Å². The van der Waals surface area contributed by atoms with Crippen LogP contribution < -0.4 is 0 Å². The quantitative estimate of drug-likeness (QED) is 0.557. The van der Waals surface area contributed by atoms with Crippen LogP contribution in [0.1, 0.15) is 34.3 Å². The van der Waals surface area contributed by atoms with Crippen molar-refractivity contribution in [2.45, 2.75) is 31.6 Å². The Morgan fingerprint density at radius 2 is 1.66 bits per heavy atom. The minimum absolute atomic E-state index is 0.0231. The first-order chi connectivity index (χ1) is 15.0. The first-order valence-electron chi connectivity index (χ1n) is 10.3. The van der Waals surface area contributed by atoms with Gasteiger partial charge in [0.15, 0.2) is 5.78 Å². The average Bonchev–Trinajstić information content (AvgIpc) is 2.77. The second kappa shape index (κ2) is 9.91. The molecule has 1 aliphatic rings. The van der Waals surface area contributed by atoms with Gasteiger partial charge < -0.3 is 4.90 Å². The van der Waals surface area contributed by atoms with Crippen molar-refractivity contribution in [2.24, 2.45) is 5.92 Å². The maximum atomic E-state index is 12.9. The number of likely N-dealkylation sites (tertiary alicyclic amines) is 1. The Bertz CT molecular complexity index is 1140. The minimum Gasteiger partial charge on any atom is -0.342 e. The lowest BCUT2D eigenvalue weighted by atomic mass is 9.89. The molecule has 0 spiro atoms. The highest BCUT2D eigenvalue weighted by Gasteiger charge is 2.30. The fourth-order valence-electron chi connectivity index (χ4n) is 3.71. The van der Waals surface area contributed by atoms with Crippen LogP contribution in [0.15, 0.2) is 41.3 Å². The summed E-state index contributed by atoms with van der Waals surface area (Å²) in [5.41, 5.74) is 2.38. The molecule has 9 heteroatoms. The number of hydrogen-bond donors (Lipinski definition) is 0. The average molecular weight is 497 g/mol. The van der Waals surface area contributed by atoms with E-state index in [4.69, 9.17) is 23.2 Å². The SMILES string of the molecule is Cc1ccc(S(=O)(=O)N(C)CC(=O)N2CCC(C(=O)c3ccc(Cl)c(Cl)c3)CC2)cc1C. The molecule has 0 saturated carbocycles. The number of likely N-dealkylation sites (N-methyl/N-ethyl adjacent to an activating group) is 1. The lowest BCUT2D eigenvalue weighted by Gasteiger charge is -2.32. The molecule has 0 radical (unpaired) electrons. The summed E-state index contributed by atoms with van der Waals surface area (Å²) in [7, 11) is -2.37. The Hall–Kier alpha value is -1.93. The highest BCUT2D eigenvalue weighted by molar-refractivity contribution is 7.89. The third-order valence-corrected chi connectivity index (χ3v) is 8.51. The summed E-state index contributed by atoms with van der Waals surface area (Å²) in [6.45, 7) is 4.31. The summed E-state index contributed by atoms with van der Waals surface area (Å²) < 4.78 is 26.8. The van der Waals surface area contributed by atoms with E-state index in [1.807, 2.05) is 13.8 Å². The molecule has 1 amide bonds. The Labute approximate surface area is 199 Å². The molecular weight excluding hydrogens is 471 g/mol. The fourth-order valence-corrected chi connectivity index (χ4v) is 5.21. The molecule has 0 bridgehead atoms. The van der Waals surface area contributed by atoms with Crippen LogP contribution in [-0.4, -0.2) is 56.0 Å². The molecular formula is C23H26Cl2N2O4S. The molecule has 1 heterocycles. The number of hydrogen-bond acceptors (Lipinski definition) is 4. The van der Waals surface area contributed by atoms with Gasteiger partial charge in [0, 0.05) is 31.6 Å². The zero-order valence-electron chi connectivity index (χ0n) is 18.3. The van der Waals surface area contributed by atoms with E-state index in [2.05, 4.69) is 0 Å². The van der Waals surface area contributed by atoms with Crippen LogP contribution in [-0.2, 0) is 14.8 Å². The third kappa shape index (κ3) is 5.34. The predicted molar refractivity (Wildman–Crippen MR) is 126 cm³/mol. The molecule has 6 nitrogen and oxygen atoms in total. The van der Waals surface area contributed by atoms with Gasteiger partial charge in [0.1, 0.15) is 0 Å². The zero-order chi connectivity index (χ0) is 23.6. The molecule has 172 valence electrons. The van der Waals surface area contributed by atoms with Crippen molar-refractivity contribution in [1.82, 2.24) is 9.21 Å². The summed E-state index contributed by atoms with van der Waals surface area (Å²) in [5.74, 6) is -0.515. The summed E-state index contributed by atoms with van der Waals surface area (Å²) in [6, 6.07) is 9.75. The van der Waals surface area contributed by atoms with Gasteiger partial charge in [0.05, 0.1) is 21.5 Å². The number of benzene rings is 2. The van der Waals surface area contributed by atoms with E-state index in [9.17, 15) is 18.0 Å². The van der Waals surface area contributed by atoms with Crippen molar-refractivity contribution in [3.8, 4) is 0 Å². The standard InChI is InChI=1S/C23H26Cl2N2O4S/c1-15-4-6-19(12-16(15)2)32(30,31)26(3)14-22(28)27-10-8-17(9-11-27)23(29)18-5-7-20(24)21(25)13-18/h4-7,12-13,17H,8-11,14H2,1-3H3. The number of carbonyl (C=O) groups is 2. The van der Waals surface area contributed by atoms with Gasteiger partial charge in [0.25, 0.3) is 0 Å². The van der Waals surface area contributed by atoms with E-state index >= 15 is 0 Å². The first-order valence-corrected chi connectivity index (χ1v) is 12.5. The van der Waals surface area contributed by atoms with E-state index in [-0.39, 0.29) is 29.0 Å². The Morgan fingerprint density at radius 1 is 1.00 bits per heavy atom. The van der Waals surface area contributed by atoms with Crippen LogP contribution >= 0.6 is 23.2 Å². The molecule has 0 aliphatic carbocycles. The number of aryl methyl sites for hydroxylation is 2. The highest BCUT2D eigenvalue weighted by Crippen LogP contribution is 2.27. The van der Waals surface area contributed by atoms with Crippen molar-refractivity contribution in [1.29, 1.82) is 0 Å². The van der Waals surface area contributed by atoms with E-state index in [1.54, 1.807) is 41.3 Å². The Balaban J connectivity index is 1.59. The summed E-state index contributed by atoms with van der Waals surface area (Å²) in [4.78, 5) is 27.3. The van der Waals surface area contributed by atoms with Crippen molar-refractivity contribution in [3.63, 3.8) is 0 Å². The highest BCUT2D eigenvalue weighted by atomic mass is 35.5. The molecule has 3 rings (SSSR count). The molecule has 2 aromatic rings. The maximum Gasteiger partial charge on any atom is 0.243 e. The molecule has 0 N–H and O–H groups in total. The molecule has 2 aromatic carbocycles. The van der Waals surface area contributed by atoms with Gasteiger partial charge in [-0.25, -0.2) is 8.42 Å². The normalized spacial score (nSPS) is 15.2. The van der Waals surface area contributed by atoms with Gasteiger partial charge in [-0.3, -0.25) is 9.59 Å². The zero-order valence-corrected chi connectivity index (χ0v) is 20.6. The molecule has 1 saturated heterocycles. The van der Waals surface area contributed by atoms with Crippen LogP contribution in [0.25, 0.3) is 0 Å². The summed E-state index contributed by atoms with van der Waals surface area (Å²) >= 11 is 11.9. The van der Waals surface area contributed by atoms with E-state index in [0.717, 1.165) is 15.4 Å². The van der Waals surface area contributed by atoms with Crippen molar-refractivity contribution >= 4 is 44.9 Å².